The van der Waals surface area contributed by atoms with E-state index >= 15 is 0 Å². The number of benzene rings is 1. The molecule has 0 aliphatic rings. The SMILES string of the molecule is CCC[C@H](NC(=O)C(C)Oc1ccc(F)cc1)C(=O)O. The van der Waals surface area contributed by atoms with E-state index in [-0.39, 0.29) is 0 Å². The van der Waals surface area contributed by atoms with Crippen molar-refractivity contribution in [1.82, 2.24) is 5.32 Å². The Morgan fingerprint density at radius 3 is 2.45 bits per heavy atom. The smallest absolute Gasteiger partial charge is 0.326 e. The summed E-state index contributed by atoms with van der Waals surface area (Å²) in [5.74, 6) is -1.65. The number of aliphatic carboxylic acids is 1. The molecule has 0 heterocycles. The normalized spacial score (nSPS) is 13.3. The number of carbonyl (C=O) groups excluding carboxylic acids is 1. The molecule has 0 saturated carbocycles. The molecule has 0 aliphatic heterocycles. The van der Waals surface area contributed by atoms with Gasteiger partial charge in [0.25, 0.3) is 5.91 Å². The number of hydrogen-bond donors (Lipinski definition) is 2. The lowest BCUT2D eigenvalue weighted by Gasteiger charge is -2.18. The molecule has 2 atom stereocenters. The fourth-order valence-corrected chi connectivity index (χ4v) is 1.61. The summed E-state index contributed by atoms with van der Waals surface area (Å²) in [6, 6.07) is 4.32. The standard InChI is InChI=1S/C14H18FNO4/c1-3-4-12(14(18)19)16-13(17)9(2)20-11-7-5-10(15)6-8-11/h5-9,12H,3-4H2,1-2H3,(H,16,17)(H,18,19)/t9?,12-/m0/s1. The molecular formula is C14H18FNO4. The average molecular weight is 283 g/mol. The first-order valence-corrected chi connectivity index (χ1v) is 6.39. The third-order valence-corrected chi connectivity index (χ3v) is 2.69. The summed E-state index contributed by atoms with van der Waals surface area (Å²) in [5.41, 5.74) is 0. The molecule has 2 N–H and O–H groups in total. The molecule has 0 radical (unpaired) electrons. The monoisotopic (exact) mass is 283 g/mol. The van der Waals surface area contributed by atoms with Gasteiger partial charge in [0, 0.05) is 0 Å². The zero-order chi connectivity index (χ0) is 15.1. The Morgan fingerprint density at radius 1 is 1.35 bits per heavy atom. The first-order valence-electron chi connectivity index (χ1n) is 6.39. The van der Waals surface area contributed by atoms with E-state index in [2.05, 4.69) is 5.32 Å². The van der Waals surface area contributed by atoms with Crippen molar-refractivity contribution in [3.63, 3.8) is 0 Å². The van der Waals surface area contributed by atoms with Gasteiger partial charge in [-0.1, -0.05) is 13.3 Å². The highest BCUT2D eigenvalue weighted by Gasteiger charge is 2.23. The molecule has 1 unspecified atom stereocenters. The number of hydrogen-bond acceptors (Lipinski definition) is 3. The third kappa shape index (κ3) is 4.87. The zero-order valence-corrected chi connectivity index (χ0v) is 11.4. The number of carboxylic acid groups (broad SMARTS) is 1. The van der Waals surface area contributed by atoms with Crippen LogP contribution in [0.25, 0.3) is 0 Å². The van der Waals surface area contributed by atoms with Crippen LogP contribution < -0.4 is 10.1 Å². The maximum absolute atomic E-state index is 12.7. The van der Waals surface area contributed by atoms with E-state index in [0.29, 0.717) is 18.6 Å². The Bertz CT molecular complexity index is 461. The van der Waals surface area contributed by atoms with Crippen LogP contribution in [0.15, 0.2) is 24.3 Å². The summed E-state index contributed by atoms with van der Waals surface area (Å²) >= 11 is 0. The molecule has 5 nitrogen and oxygen atoms in total. The van der Waals surface area contributed by atoms with Crippen LogP contribution >= 0.6 is 0 Å². The van der Waals surface area contributed by atoms with Crippen molar-refractivity contribution in [1.29, 1.82) is 0 Å². The molecule has 1 aromatic rings. The van der Waals surface area contributed by atoms with E-state index in [9.17, 15) is 14.0 Å². The maximum atomic E-state index is 12.7. The average Bonchev–Trinajstić information content (AvgIpc) is 2.40. The zero-order valence-electron chi connectivity index (χ0n) is 11.4. The van der Waals surface area contributed by atoms with E-state index in [1.807, 2.05) is 6.92 Å². The predicted octanol–water partition coefficient (Wildman–Crippen LogP) is 1.96. The molecule has 20 heavy (non-hydrogen) atoms. The summed E-state index contributed by atoms with van der Waals surface area (Å²) in [7, 11) is 0. The Morgan fingerprint density at radius 2 is 1.95 bits per heavy atom. The van der Waals surface area contributed by atoms with Crippen LogP contribution in [-0.4, -0.2) is 29.1 Å². The highest BCUT2D eigenvalue weighted by molar-refractivity contribution is 5.86. The van der Waals surface area contributed by atoms with Gasteiger partial charge in [0.1, 0.15) is 17.6 Å². The molecule has 0 aliphatic carbocycles. The first kappa shape index (κ1) is 15.9. The molecule has 1 aromatic carbocycles. The fraction of sp³-hybridized carbons (Fsp3) is 0.429. The van der Waals surface area contributed by atoms with E-state index in [1.54, 1.807) is 0 Å². The van der Waals surface area contributed by atoms with E-state index in [1.165, 1.54) is 31.2 Å². The molecule has 1 amide bonds. The Kier molecular flexibility index (Phi) is 5.96. The maximum Gasteiger partial charge on any atom is 0.326 e. The number of carboxylic acids is 1. The fourth-order valence-electron chi connectivity index (χ4n) is 1.61. The topological polar surface area (TPSA) is 75.6 Å². The highest BCUT2D eigenvalue weighted by atomic mass is 19.1. The van der Waals surface area contributed by atoms with E-state index < -0.39 is 29.8 Å². The van der Waals surface area contributed by atoms with Gasteiger partial charge in [0.15, 0.2) is 6.10 Å². The molecule has 110 valence electrons. The number of rotatable bonds is 7. The quantitative estimate of drug-likeness (QED) is 0.802. The van der Waals surface area contributed by atoms with E-state index in [4.69, 9.17) is 9.84 Å². The number of nitrogens with one attached hydrogen (secondary N) is 1. The second kappa shape index (κ2) is 7.47. The Balaban J connectivity index is 2.57. The summed E-state index contributed by atoms with van der Waals surface area (Å²) in [5, 5.41) is 11.4. The van der Waals surface area contributed by atoms with Crippen LogP contribution in [-0.2, 0) is 9.59 Å². The summed E-state index contributed by atoms with van der Waals surface area (Å²) in [6.45, 7) is 3.34. The summed E-state index contributed by atoms with van der Waals surface area (Å²) in [6.07, 6.45) is 0.133. The van der Waals surface area contributed by atoms with Crippen molar-refractivity contribution in [2.75, 3.05) is 0 Å². The van der Waals surface area contributed by atoms with Gasteiger partial charge >= 0.3 is 5.97 Å². The van der Waals surface area contributed by atoms with Crippen LogP contribution in [0.2, 0.25) is 0 Å². The molecule has 0 spiro atoms. The number of halogens is 1. The van der Waals surface area contributed by atoms with Gasteiger partial charge in [-0.3, -0.25) is 4.79 Å². The van der Waals surface area contributed by atoms with Crippen LogP contribution in [0.5, 0.6) is 5.75 Å². The van der Waals surface area contributed by atoms with Gasteiger partial charge in [0.2, 0.25) is 0 Å². The van der Waals surface area contributed by atoms with Crippen molar-refractivity contribution in [2.24, 2.45) is 0 Å². The van der Waals surface area contributed by atoms with Gasteiger partial charge in [-0.15, -0.1) is 0 Å². The number of carbonyl (C=O) groups is 2. The second-order valence-corrected chi connectivity index (χ2v) is 4.40. The van der Waals surface area contributed by atoms with Crippen molar-refractivity contribution < 1.29 is 23.8 Å². The molecule has 1 rings (SSSR count). The Labute approximate surface area is 116 Å². The van der Waals surface area contributed by atoms with E-state index in [0.717, 1.165) is 0 Å². The molecule has 0 saturated heterocycles. The molecule has 0 aromatic heterocycles. The lowest BCUT2D eigenvalue weighted by molar-refractivity contribution is -0.143. The highest BCUT2D eigenvalue weighted by Crippen LogP contribution is 2.13. The van der Waals surface area contributed by atoms with Gasteiger partial charge in [-0.05, 0) is 37.6 Å². The van der Waals surface area contributed by atoms with Gasteiger partial charge in [-0.25, -0.2) is 9.18 Å². The second-order valence-electron chi connectivity index (χ2n) is 4.40. The van der Waals surface area contributed by atoms with Gasteiger partial charge in [0.05, 0.1) is 0 Å². The largest absolute Gasteiger partial charge is 0.481 e. The number of amides is 1. The molecule has 0 bridgehead atoms. The first-order chi connectivity index (χ1) is 9.43. The minimum Gasteiger partial charge on any atom is -0.481 e. The molecular weight excluding hydrogens is 265 g/mol. The minimum absolute atomic E-state index is 0.344. The minimum atomic E-state index is -1.07. The molecule has 6 heteroatoms. The summed E-state index contributed by atoms with van der Waals surface area (Å²) < 4.78 is 18.0. The Hall–Kier alpha value is -2.11. The summed E-state index contributed by atoms with van der Waals surface area (Å²) in [4.78, 5) is 22.8. The number of ether oxygens (including phenoxy) is 1. The van der Waals surface area contributed by atoms with Crippen LogP contribution in [0.3, 0.4) is 0 Å². The van der Waals surface area contributed by atoms with Crippen molar-refractivity contribution >= 4 is 11.9 Å². The van der Waals surface area contributed by atoms with Crippen molar-refractivity contribution in [3.8, 4) is 5.75 Å². The van der Waals surface area contributed by atoms with Crippen LogP contribution in [0.4, 0.5) is 4.39 Å². The van der Waals surface area contributed by atoms with Crippen LogP contribution in [0.1, 0.15) is 26.7 Å². The lowest BCUT2D eigenvalue weighted by Crippen LogP contribution is -2.46. The molecule has 0 fully saturated rings. The van der Waals surface area contributed by atoms with Crippen molar-refractivity contribution in [3.05, 3.63) is 30.1 Å². The third-order valence-electron chi connectivity index (χ3n) is 2.69. The lowest BCUT2D eigenvalue weighted by atomic mass is 10.1. The van der Waals surface area contributed by atoms with Gasteiger partial charge < -0.3 is 15.2 Å². The van der Waals surface area contributed by atoms with Crippen LogP contribution in [0, 0.1) is 5.82 Å². The van der Waals surface area contributed by atoms with Gasteiger partial charge in [-0.2, -0.15) is 0 Å². The van der Waals surface area contributed by atoms with Crippen molar-refractivity contribution in [2.45, 2.75) is 38.8 Å². The predicted molar refractivity (Wildman–Crippen MR) is 71.0 cm³/mol.